The van der Waals surface area contributed by atoms with E-state index in [1.807, 2.05) is 65.3 Å². The van der Waals surface area contributed by atoms with Gasteiger partial charge in [0.1, 0.15) is 5.75 Å². The van der Waals surface area contributed by atoms with Gasteiger partial charge < -0.3 is 14.5 Å². The second kappa shape index (κ2) is 11.3. The minimum Gasteiger partial charge on any atom is -0.484 e. The number of thioether (sulfide) groups is 1. The number of aromatic nitrogens is 3. The number of pyridine rings is 1. The van der Waals surface area contributed by atoms with E-state index < -0.39 is 0 Å². The maximum atomic E-state index is 13.0. The second-order valence-electron chi connectivity index (χ2n) is 9.73. The van der Waals surface area contributed by atoms with E-state index in [0.717, 1.165) is 55.1 Å². The Labute approximate surface area is 221 Å². The summed E-state index contributed by atoms with van der Waals surface area (Å²) >= 11 is 1.36. The molecule has 1 spiro atoms. The molecule has 2 amide bonds. The van der Waals surface area contributed by atoms with Gasteiger partial charge in [-0.05, 0) is 61.4 Å². The van der Waals surface area contributed by atoms with Gasteiger partial charge in [-0.1, -0.05) is 36.0 Å². The number of carbonyl (C=O) groups is 2. The third-order valence-electron chi connectivity index (χ3n) is 7.30. The van der Waals surface area contributed by atoms with Gasteiger partial charge in [0.25, 0.3) is 5.91 Å². The third-order valence-corrected chi connectivity index (χ3v) is 8.14. The van der Waals surface area contributed by atoms with E-state index in [1.54, 1.807) is 12.4 Å². The van der Waals surface area contributed by atoms with Crippen LogP contribution in [-0.4, -0.2) is 75.1 Å². The molecule has 37 heavy (non-hydrogen) atoms. The van der Waals surface area contributed by atoms with Crippen LogP contribution >= 0.6 is 11.8 Å². The normalized spacial score (nSPS) is 16.7. The molecule has 0 aliphatic carbocycles. The maximum Gasteiger partial charge on any atom is 0.260 e. The summed E-state index contributed by atoms with van der Waals surface area (Å²) in [5.41, 5.74) is 2.65. The monoisotopic (exact) mass is 517 g/mol. The number of hydrogen-bond donors (Lipinski definition) is 0. The number of benzene rings is 1. The lowest BCUT2D eigenvalue weighted by molar-refractivity contribution is -0.136. The summed E-state index contributed by atoms with van der Waals surface area (Å²) in [6, 6.07) is 15.2. The van der Waals surface area contributed by atoms with Crippen molar-refractivity contribution in [1.29, 1.82) is 0 Å². The highest BCUT2D eigenvalue weighted by atomic mass is 32.2. The van der Waals surface area contributed by atoms with Crippen LogP contribution in [0.4, 0.5) is 0 Å². The second-order valence-corrected chi connectivity index (χ2v) is 10.7. The highest BCUT2D eigenvalue weighted by Crippen LogP contribution is 2.40. The minimum atomic E-state index is 0.0216. The van der Waals surface area contributed by atoms with Crippen LogP contribution in [-0.2, 0) is 9.59 Å². The van der Waals surface area contributed by atoms with E-state index in [4.69, 9.17) is 4.74 Å². The molecular weight excluding hydrogens is 486 g/mol. The van der Waals surface area contributed by atoms with Crippen molar-refractivity contribution in [3.05, 3.63) is 66.5 Å². The van der Waals surface area contributed by atoms with Crippen LogP contribution in [0.2, 0.25) is 0 Å². The standard InChI is InChI=1S/C28H31N5O3S/c1-21-6-2-3-8-24(21)36-18-25(34)32-15-10-28(11-16-32)12-17-33(20-28)26(35)19-37-27-30-14-9-23(31-27)22-7-4-5-13-29-22/h2-9,13-14H,10-12,15-20H2,1H3. The van der Waals surface area contributed by atoms with Crippen LogP contribution in [0.15, 0.2) is 66.1 Å². The van der Waals surface area contributed by atoms with E-state index in [0.29, 0.717) is 24.0 Å². The van der Waals surface area contributed by atoms with Crippen molar-refractivity contribution in [1.82, 2.24) is 24.8 Å². The quantitative estimate of drug-likeness (QED) is 0.347. The zero-order valence-electron chi connectivity index (χ0n) is 21.0. The smallest absolute Gasteiger partial charge is 0.260 e. The Bertz CT molecular complexity index is 1250. The number of para-hydroxylation sites is 1. The predicted octanol–water partition coefficient (Wildman–Crippen LogP) is 3.86. The lowest BCUT2D eigenvalue weighted by Gasteiger charge is -2.39. The van der Waals surface area contributed by atoms with Gasteiger partial charge in [-0.15, -0.1) is 0 Å². The molecule has 0 radical (unpaired) electrons. The Hall–Kier alpha value is -3.46. The summed E-state index contributed by atoms with van der Waals surface area (Å²) in [5.74, 6) is 1.19. The number of aryl methyl sites for hydroxylation is 1. The van der Waals surface area contributed by atoms with Crippen LogP contribution in [0.5, 0.6) is 5.75 Å². The van der Waals surface area contributed by atoms with Crippen molar-refractivity contribution in [3.8, 4) is 17.1 Å². The van der Waals surface area contributed by atoms with Gasteiger partial charge in [-0.2, -0.15) is 0 Å². The first kappa shape index (κ1) is 25.2. The fourth-order valence-electron chi connectivity index (χ4n) is 5.02. The fraction of sp³-hybridized carbons (Fsp3) is 0.393. The Balaban J connectivity index is 1.08. The zero-order chi connectivity index (χ0) is 25.7. The third kappa shape index (κ3) is 6.10. The molecule has 5 rings (SSSR count). The number of nitrogens with zero attached hydrogens (tertiary/aromatic N) is 5. The number of hydrogen-bond acceptors (Lipinski definition) is 7. The summed E-state index contributed by atoms with van der Waals surface area (Å²) in [7, 11) is 0. The topological polar surface area (TPSA) is 88.5 Å². The Morgan fingerprint density at radius 3 is 2.41 bits per heavy atom. The molecular formula is C28H31N5O3S. The van der Waals surface area contributed by atoms with Crippen LogP contribution in [0.3, 0.4) is 0 Å². The molecule has 0 bridgehead atoms. The first-order valence-corrected chi connectivity index (χ1v) is 13.6. The number of carbonyl (C=O) groups excluding carboxylic acids is 2. The summed E-state index contributed by atoms with van der Waals surface area (Å²) in [6.45, 7) is 4.97. The van der Waals surface area contributed by atoms with Crippen LogP contribution < -0.4 is 4.74 Å². The molecule has 3 aromatic rings. The maximum absolute atomic E-state index is 13.0. The van der Waals surface area contributed by atoms with Gasteiger partial charge in [-0.25, -0.2) is 9.97 Å². The number of rotatable bonds is 7. The Morgan fingerprint density at radius 2 is 1.65 bits per heavy atom. The minimum absolute atomic E-state index is 0.0216. The van der Waals surface area contributed by atoms with Crippen LogP contribution in [0, 0.1) is 12.3 Å². The van der Waals surface area contributed by atoms with E-state index in [-0.39, 0.29) is 23.8 Å². The SMILES string of the molecule is Cc1ccccc1OCC(=O)N1CCC2(CC1)CCN(C(=O)CSc1nccc(-c3ccccn3)n1)C2. The van der Waals surface area contributed by atoms with Crippen molar-refractivity contribution in [2.45, 2.75) is 31.3 Å². The van der Waals surface area contributed by atoms with Gasteiger partial charge in [0.2, 0.25) is 5.91 Å². The summed E-state index contributed by atoms with van der Waals surface area (Å²) in [4.78, 5) is 42.8. The molecule has 2 saturated heterocycles. The largest absolute Gasteiger partial charge is 0.484 e. The van der Waals surface area contributed by atoms with Gasteiger partial charge in [0.15, 0.2) is 11.8 Å². The summed E-state index contributed by atoms with van der Waals surface area (Å²) < 4.78 is 5.75. The van der Waals surface area contributed by atoms with Crippen molar-refractivity contribution in [3.63, 3.8) is 0 Å². The number of piperidine rings is 1. The average Bonchev–Trinajstić information content (AvgIpc) is 3.35. The zero-order valence-corrected chi connectivity index (χ0v) is 21.8. The molecule has 2 aliphatic heterocycles. The van der Waals surface area contributed by atoms with Crippen molar-refractivity contribution < 1.29 is 14.3 Å². The molecule has 4 heterocycles. The van der Waals surface area contributed by atoms with Gasteiger partial charge in [0.05, 0.1) is 17.1 Å². The molecule has 192 valence electrons. The molecule has 0 unspecified atom stereocenters. The molecule has 9 heteroatoms. The first-order chi connectivity index (χ1) is 18.0. The highest BCUT2D eigenvalue weighted by Gasteiger charge is 2.42. The van der Waals surface area contributed by atoms with Crippen LogP contribution in [0.25, 0.3) is 11.4 Å². The van der Waals surface area contributed by atoms with Crippen molar-refractivity contribution >= 4 is 23.6 Å². The lowest BCUT2D eigenvalue weighted by atomic mass is 9.78. The van der Waals surface area contributed by atoms with Crippen molar-refractivity contribution in [2.24, 2.45) is 5.41 Å². The fourth-order valence-corrected chi connectivity index (χ4v) is 5.75. The molecule has 1 aromatic carbocycles. The van der Waals surface area contributed by atoms with E-state index in [1.165, 1.54) is 11.8 Å². The average molecular weight is 518 g/mol. The van der Waals surface area contributed by atoms with Gasteiger partial charge in [0, 0.05) is 38.6 Å². The number of likely N-dealkylation sites (tertiary alicyclic amines) is 2. The van der Waals surface area contributed by atoms with Gasteiger partial charge in [-0.3, -0.25) is 14.6 Å². The van der Waals surface area contributed by atoms with E-state index >= 15 is 0 Å². The Kier molecular flexibility index (Phi) is 7.69. The van der Waals surface area contributed by atoms with Gasteiger partial charge >= 0.3 is 0 Å². The molecule has 2 aromatic heterocycles. The molecule has 0 N–H and O–H groups in total. The molecule has 0 saturated carbocycles. The molecule has 8 nitrogen and oxygen atoms in total. The van der Waals surface area contributed by atoms with E-state index in [2.05, 4.69) is 15.0 Å². The van der Waals surface area contributed by atoms with Crippen molar-refractivity contribution in [2.75, 3.05) is 38.5 Å². The number of ether oxygens (including phenoxy) is 1. The van der Waals surface area contributed by atoms with E-state index in [9.17, 15) is 9.59 Å². The summed E-state index contributed by atoms with van der Waals surface area (Å²) in [6.07, 6.45) is 6.24. The Morgan fingerprint density at radius 1 is 0.892 bits per heavy atom. The predicted molar refractivity (Wildman–Crippen MR) is 142 cm³/mol. The molecule has 0 atom stereocenters. The molecule has 2 fully saturated rings. The number of amides is 2. The van der Waals surface area contributed by atoms with Crippen LogP contribution in [0.1, 0.15) is 24.8 Å². The first-order valence-electron chi connectivity index (χ1n) is 12.6. The highest BCUT2D eigenvalue weighted by molar-refractivity contribution is 7.99. The molecule has 2 aliphatic rings. The summed E-state index contributed by atoms with van der Waals surface area (Å²) in [5, 5.41) is 0.574. The lowest BCUT2D eigenvalue weighted by Crippen LogP contribution is -2.46.